The third-order valence-electron chi connectivity index (χ3n) is 6.45. The van der Waals surface area contributed by atoms with Crippen LogP contribution in [-0.2, 0) is 4.79 Å². The number of nitrogens with zero attached hydrogens (tertiary/aromatic N) is 1. The van der Waals surface area contributed by atoms with E-state index in [1.165, 1.54) is 11.8 Å². The van der Waals surface area contributed by atoms with Crippen LogP contribution in [0.1, 0.15) is 31.6 Å². The summed E-state index contributed by atoms with van der Waals surface area (Å²) in [6.07, 6.45) is 0. The largest absolute Gasteiger partial charge is 0.332 e. The molecule has 1 heterocycles. The summed E-state index contributed by atoms with van der Waals surface area (Å²) >= 11 is 7.95. The first kappa shape index (κ1) is 30.5. The monoisotopic (exact) mass is 633 g/mol. The number of thiophene rings is 1. The van der Waals surface area contributed by atoms with Crippen LogP contribution >= 0.6 is 35.3 Å². The molecule has 4 aromatic carbocycles. The van der Waals surface area contributed by atoms with E-state index >= 15 is 0 Å². The zero-order chi connectivity index (χ0) is 30.9. The number of carbonyl (C=O) groups excluding carboxylic acids is 2. The molecule has 218 valence electrons. The molecule has 0 bridgehead atoms. The van der Waals surface area contributed by atoms with E-state index in [-0.39, 0.29) is 17.4 Å². The van der Waals surface area contributed by atoms with Crippen molar-refractivity contribution in [2.24, 2.45) is 0 Å². The number of para-hydroxylation sites is 2. The van der Waals surface area contributed by atoms with E-state index in [1.807, 2.05) is 103 Å². The van der Waals surface area contributed by atoms with Crippen molar-refractivity contribution in [3.8, 4) is 6.07 Å². The van der Waals surface area contributed by atoms with E-state index in [0.717, 1.165) is 33.2 Å². The standard InChI is InChI=1S/C34H27N5O2S3/c1-22-28(21-35)33(44-29(22)31(40)36-24-14-7-3-8-15-24)39-32(41)30(23-12-5-2-6-13-23)43-27-19-11-18-26(20-27)38-34(42)37-25-16-9-4-10-17-25/h2-20,30H,1H3,(H,36,40)(H,39,41)(H2,37,38,42). The van der Waals surface area contributed by atoms with E-state index < -0.39 is 5.25 Å². The normalized spacial score (nSPS) is 11.1. The highest BCUT2D eigenvalue weighted by atomic mass is 32.2. The zero-order valence-corrected chi connectivity index (χ0v) is 26.0. The molecule has 0 aliphatic carbocycles. The second kappa shape index (κ2) is 14.5. The van der Waals surface area contributed by atoms with Crippen molar-refractivity contribution in [3.05, 3.63) is 137 Å². The number of thiocarbonyl (C=S) groups is 1. The first-order valence-corrected chi connectivity index (χ1v) is 15.7. The van der Waals surface area contributed by atoms with Gasteiger partial charge in [0.15, 0.2) is 5.11 Å². The highest BCUT2D eigenvalue weighted by molar-refractivity contribution is 8.00. The molecule has 0 saturated heterocycles. The molecule has 44 heavy (non-hydrogen) atoms. The molecule has 0 aliphatic rings. The Kier molecular flexibility index (Phi) is 10.0. The van der Waals surface area contributed by atoms with E-state index in [2.05, 4.69) is 27.3 Å². The maximum atomic E-state index is 13.9. The molecule has 0 fully saturated rings. The van der Waals surface area contributed by atoms with Gasteiger partial charge >= 0.3 is 0 Å². The molecule has 4 N–H and O–H groups in total. The molecule has 5 rings (SSSR count). The number of hydrogen-bond donors (Lipinski definition) is 4. The number of anilines is 4. The average molecular weight is 634 g/mol. The second-order valence-electron chi connectivity index (χ2n) is 9.56. The van der Waals surface area contributed by atoms with Crippen molar-refractivity contribution in [1.82, 2.24) is 0 Å². The Morgan fingerprint density at radius 2 is 1.34 bits per heavy atom. The number of nitriles is 1. The van der Waals surface area contributed by atoms with Crippen molar-refractivity contribution in [2.75, 3.05) is 21.3 Å². The van der Waals surface area contributed by atoms with Crippen molar-refractivity contribution in [2.45, 2.75) is 17.1 Å². The lowest BCUT2D eigenvalue weighted by atomic mass is 10.1. The lowest BCUT2D eigenvalue weighted by Crippen LogP contribution is -2.19. The molecule has 0 aliphatic heterocycles. The molecule has 0 radical (unpaired) electrons. The summed E-state index contributed by atoms with van der Waals surface area (Å²) < 4.78 is 0. The molecule has 5 aromatic rings. The third kappa shape index (κ3) is 7.71. The van der Waals surface area contributed by atoms with Gasteiger partial charge in [0.2, 0.25) is 5.91 Å². The second-order valence-corrected chi connectivity index (χ2v) is 12.2. The van der Waals surface area contributed by atoms with E-state index in [4.69, 9.17) is 12.2 Å². The van der Waals surface area contributed by atoms with Gasteiger partial charge in [-0.3, -0.25) is 9.59 Å². The highest BCUT2D eigenvalue weighted by Gasteiger charge is 2.26. The summed E-state index contributed by atoms with van der Waals surface area (Å²) in [6, 6.07) is 38.0. The van der Waals surface area contributed by atoms with Crippen LogP contribution in [-0.4, -0.2) is 16.9 Å². The maximum absolute atomic E-state index is 13.9. The fourth-order valence-electron chi connectivity index (χ4n) is 4.34. The number of nitrogens with one attached hydrogen (secondary N) is 4. The van der Waals surface area contributed by atoms with Gasteiger partial charge in [0.25, 0.3) is 5.91 Å². The zero-order valence-electron chi connectivity index (χ0n) is 23.5. The summed E-state index contributed by atoms with van der Waals surface area (Å²) in [5.41, 5.74) is 3.86. The molecular weight excluding hydrogens is 607 g/mol. The van der Waals surface area contributed by atoms with Crippen LogP contribution < -0.4 is 21.3 Å². The average Bonchev–Trinajstić information content (AvgIpc) is 3.35. The number of hydrogen-bond acceptors (Lipinski definition) is 6. The smallest absolute Gasteiger partial charge is 0.266 e. The minimum absolute atomic E-state index is 0.268. The Hall–Kier alpha value is -4.95. The van der Waals surface area contributed by atoms with Gasteiger partial charge in [-0.15, -0.1) is 23.1 Å². The van der Waals surface area contributed by atoms with Crippen LogP contribution in [0.15, 0.2) is 120 Å². The Morgan fingerprint density at radius 1 is 0.773 bits per heavy atom. The first-order chi connectivity index (χ1) is 21.4. The topological polar surface area (TPSA) is 106 Å². The van der Waals surface area contributed by atoms with Gasteiger partial charge in [-0.1, -0.05) is 72.8 Å². The van der Waals surface area contributed by atoms with Gasteiger partial charge in [-0.2, -0.15) is 5.26 Å². The number of carbonyl (C=O) groups is 2. The maximum Gasteiger partial charge on any atom is 0.266 e. The van der Waals surface area contributed by atoms with Crippen LogP contribution in [0, 0.1) is 18.3 Å². The number of rotatable bonds is 9. The summed E-state index contributed by atoms with van der Waals surface area (Å²) in [7, 11) is 0. The summed E-state index contributed by atoms with van der Waals surface area (Å²) in [5, 5.41) is 22.2. The molecular formula is C34H27N5O2S3. The predicted octanol–water partition coefficient (Wildman–Crippen LogP) is 8.46. The van der Waals surface area contributed by atoms with Crippen LogP contribution in [0.25, 0.3) is 0 Å². The van der Waals surface area contributed by atoms with Gasteiger partial charge < -0.3 is 21.3 Å². The minimum atomic E-state index is -0.642. The van der Waals surface area contributed by atoms with E-state index in [0.29, 0.717) is 26.2 Å². The predicted molar refractivity (Wildman–Crippen MR) is 185 cm³/mol. The van der Waals surface area contributed by atoms with E-state index in [1.54, 1.807) is 19.1 Å². The SMILES string of the molecule is Cc1c(C(=O)Nc2ccccc2)sc(NC(=O)C(Sc2cccc(NC(=S)Nc3ccccc3)c2)c2ccccc2)c1C#N. The fourth-order valence-corrected chi connectivity index (χ4v) is 6.71. The lowest BCUT2D eigenvalue weighted by Gasteiger charge is -2.18. The van der Waals surface area contributed by atoms with Gasteiger partial charge in [0.05, 0.1) is 10.4 Å². The van der Waals surface area contributed by atoms with Gasteiger partial charge in [-0.25, -0.2) is 0 Å². The lowest BCUT2D eigenvalue weighted by molar-refractivity contribution is -0.115. The molecule has 0 spiro atoms. The van der Waals surface area contributed by atoms with Crippen molar-refractivity contribution in [1.29, 1.82) is 5.26 Å². The molecule has 10 heteroatoms. The van der Waals surface area contributed by atoms with Crippen LogP contribution in [0.4, 0.5) is 22.1 Å². The van der Waals surface area contributed by atoms with Crippen molar-refractivity contribution < 1.29 is 9.59 Å². The van der Waals surface area contributed by atoms with Gasteiger partial charge in [0.1, 0.15) is 16.3 Å². The molecule has 0 saturated carbocycles. The number of thioether (sulfide) groups is 1. The summed E-state index contributed by atoms with van der Waals surface area (Å²) in [6.45, 7) is 1.71. The summed E-state index contributed by atoms with van der Waals surface area (Å²) in [5.74, 6) is -0.651. The first-order valence-electron chi connectivity index (χ1n) is 13.6. The quantitative estimate of drug-likeness (QED) is 0.0953. The van der Waals surface area contributed by atoms with Gasteiger partial charge in [-0.05, 0) is 72.7 Å². The number of benzene rings is 4. The Balaban J connectivity index is 1.35. The fraction of sp³-hybridized carbons (Fsp3) is 0.0588. The summed E-state index contributed by atoms with van der Waals surface area (Å²) in [4.78, 5) is 28.1. The Morgan fingerprint density at radius 3 is 1.98 bits per heavy atom. The van der Waals surface area contributed by atoms with Gasteiger partial charge in [0, 0.05) is 22.0 Å². The van der Waals surface area contributed by atoms with Crippen LogP contribution in [0.5, 0.6) is 0 Å². The molecule has 1 aromatic heterocycles. The molecule has 2 amide bonds. The molecule has 7 nitrogen and oxygen atoms in total. The molecule has 1 unspecified atom stereocenters. The minimum Gasteiger partial charge on any atom is -0.332 e. The Labute approximate surface area is 269 Å². The van der Waals surface area contributed by atoms with Crippen molar-refractivity contribution in [3.63, 3.8) is 0 Å². The van der Waals surface area contributed by atoms with E-state index in [9.17, 15) is 14.9 Å². The molecule has 1 atom stereocenters. The third-order valence-corrected chi connectivity index (χ3v) is 9.11. The van der Waals surface area contributed by atoms with Crippen molar-refractivity contribution >= 4 is 74.3 Å². The van der Waals surface area contributed by atoms with Crippen LogP contribution in [0.3, 0.4) is 0 Å². The number of amides is 2. The Bertz CT molecular complexity index is 1820. The highest BCUT2D eigenvalue weighted by Crippen LogP contribution is 2.39. The van der Waals surface area contributed by atoms with Crippen LogP contribution in [0.2, 0.25) is 0 Å².